The molecule has 1 saturated heterocycles. The van der Waals surface area contributed by atoms with Gasteiger partial charge in [-0.05, 0) is 37.1 Å². The van der Waals surface area contributed by atoms with Gasteiger partial charge >= 0.3 is 0 Å². The van der Waals surface area contributed by atoms with Crippen LogP contribution in [-0.4, -0.2) is 43.3 Å². The van der Waals surface area contributed by atoms with Gasteiger partial charge in [0, 0.05) is 13.1 Å². The fourth-order valence-corrected chi connectivity index (χ4v) is 2.60. The van der Waals surface area contributed by atoms with E-state index in [0.717, 1.165) is 37.6 Å². The zero-order chi connectivity index (χ0) is 13.9. The standard InChI is InChI=1S/C16H24N2O2/c1-2-18-9-10-19-15(11-18)16(17)12-3-5-13(6-4-12)20-14-7-8-14/h3-6,14-16H,2,7-11,17H2,1H3. The maximum absolute atomic E-state index is 6.36. The monoisotopic (exact) mass is 276 g/mol. The van der Waals surface area contributed by atoms with Crippen molar-refractivity contribution in [2.45, 2.75) is 38.0 Å². The molecule has 0 aromatic heterocycles. The highest BCUT2D eigenvalue weighted by molar-refractivity contribution is 5.30. The highest BCUT2D eigenvalue weighted by Gasteiger charge is 2.27. The predicted molar refractivity (Wildman–Crippen MR) is 78.9 cm³/mol. The Labute approximate surface area is 120 Å². The number of nitrogens with two attached hydrogens (primary N) is 1. The molecule has 1 aliphatic carbocycles. The molecule has 0 radical (unpaired) electrons. The molecule has 0 spiro atoms. The molecule has 2 atom stereocenters. The molecule has 4 heteroatoms. The fourth-order valence-electron chi connectivity index (χ4n) is 2.60. The summed E-state index contributed by atoms with van der Waals surface area (Å²) in [6.45, 7) is 5.93. The molecule has 2 fully saturated rings. The number of benzene rings is 1. The maximum atomic E-state index is 6.36. The Kier molecular flexibility index (Phi) is 4.24. The van der Waals surface area contributed by atoms with Crippen LogP contribution < -0.4 is 10.5 Å². The summed E-state index contributed by atoms with van der Waals surface area (Å²) in [5.41, 5.74) is 7.48. The third kappa shape index (κ3) is 3.32. The summed E-state index contributed by atoms with van der Waals surface area (Å²) in [5.74, 6) is 0.947. The minimum Gasteiger partial charge on any atom is -0.490 e. The van der Waals surface area contributed by atoms with E-state index in [4.69, 9.17) is 15.2 Å². The molecule has 1 saturated carbocycles. The third-order valence-corrected chi connectivity index (χ3v) is 4.12. The lowest BCUT2D eigenvalue weighted by molar-refractivity contribution is -0.0392. The number of morpholine rings is 1. The topological polar surface area (TPSA) is 47.7 Å². The van der Waals surface area contributed by atoms with E-state index < -0.39 is 0 Å². The summed E-state index contributed by atoms with van der Waals surface area (Å²) in [6, 6.07) is 8.11. The molecule has 1 heterocycles. The van der Waals surface area contributed by atoms with Crippen molar-refractivity contribution in [1.29, 1.82) is 0 Å². The Balaban J connectivity index is 1.61. The van der Waals surface area contributed by atoms with Crippen LogP contribution in [0, 0.1) is 0 Å². The van der Waals surface area contributed by atoms with Gasteiger partial charge in [-0.3, -0.25) is 4.90 Å². The van der Waals surface area contributed by atoms with E-state index in [1.54, 1.807) is 0 Å². The van der Waals surface area contributed by atoms with Crippen LogP contribution in [-0.2, 0) is 4.74 Å². The Bertz CT molecular complexity index is 431. The molecule has 4 nitrogen and oxygen atoms in total. The van der Waals surface area contributed by atoms with Crippen LogP contribution in [0.3, 0.4) is 0 Å². The van der Waals surface area contributed by atoms with Gasteiger partial charge in [-0.25, -0.2) is 0 Å². The number of hydrogen-bond donors (Lipinski definition) is 1. The first kappa shape index (κ1) is 13.9. The van der Waals surface area contributed by atoms with Crippen molar-refractivity contribution < 1.29 is 9.47 Å². The second kappa shape index (κ2) is 6.12. The van der Waals surface area contributed by atoms with Crippen molar-refractivity contribution in [2.24, 2.45) is 5.73 Å². The van der Waals surface area contributed by atoms with Gasteiger partial charge in [0.05, 0.1) is 24.9 Å². The van der Waals surface area contributed by atoms with Crippen molar-refractivity contribution in [2.75, 3.05) is 26.2 Å². The quantitative estimate of drug-likeness (QED) is 0.893. The lowest BCUT2D eigenvalue weighted by Crippen LogP contribution is -2.46. The second-order valence-electron chi connectivity index (χ2n) is 5.71. The first-order valence-corrected chi connectivity index (χ1v) is 7.62. The third-order valence-electron chi connectivity index (χ3n) is 4.12. The molecule has 2 N–H and O–H groups in total. The smallest absolute Gasteiger partial charge is 0.119 e. The highest BCUT2D eigenvalue weighted by Crippen LogP contribution is 2.28. The van der Waals surface area contributed by atoms with Crippen LogP contribution in [0.4, 0.5) is 0 Å². The molecular formula is C16H24N2O2. The molecule has 3 rings (SSSR count). The van der Waals surface area contributed by atoms with Gasteiger partial charge in [-0.1, -0.05) is 19.1 Å². The Morgan fingerprint density at radius 2 is 2.10 bits per heavy atom. The first-order chi connectivity index (χ1) is 9.76. The molecule has 110 valence electrons. The highest BCUT2D eigenvalue weighted by atomic mass is 16.5. The summed E-state index contributed by atoms with van der Waals surface area (Å²) in [6.07, 6.45) is 2.89. The minimum absolute atomic E-state index is 0.0701. The summed E-state index contributed by atoms with van der Waals surface area (Å²) in [4.78, 5) is 2.39. The Hall–Kier alpha value is -1.10. The van der Waals surface area contributed by atoms with Crippen LogP contribution in [0.15, 0.2) is 24.3 Å². The maximum Gasteiger partial charge on any atom is 0.119 e. The summed E-state index contributed by atoms with van der Waals surface area (Å²) < 4.78 is 11.6. The van der Waals surface area contributed by atoms with Crippen LogP contribution in [0.1, 0.15) is 31.4 Å². The SMILES string of the molecule is CCN1CCOC(C(N)c2ccc(OC3CC3)cc2)C1. The minimum atomic E-state index is -0.0701. The van der Waals surface area contributed by atoms with E-state index in [0.29, 0.717) is 6.10 Å². The molecule has 1 aromatic carbocycles. The van der Waals surface area contributed by atoms with Gasteiger partial charge in [-0.15, -0.1) is 0 Å². The van der Waals surface area contributed by atoms with Crippen LogP contribution in [0.2, 0.25) is 0 Å². The number of likely N-dealkylation sites (N-methyl/N-ethyl adjacent to an activating group) is 1. The molecule has 2 aliphatic rings. The van der Waals surface area contributed by atoms with E-state index in [1.165, 1.54) is 12.8 Å². The zero-order valence-corrected chi connectivity index (χ0v) is 12.1. The Morgan fingerprint density at radius 1 is 1.35 bits per heavy atom. The van der Waals surface area contributed by atoms with Crippen LogP contribution in [0.25, 0.3) is 0 Å². The average molecular weight is 276 g/mol. The molecular weight excluding hydrogens is 252 g/mol. The second-order valence-corrected chi connectivity index (χ2v) is 5.71. The van der Waals surface area contributed by atoms with E-state index in [-0.39, 0.29) is 12.1 Å². The van der Waals surface area contributed by atoms with Crippen molar-refractivity contribution in [3.63, 3.8) is 0 Å². The van der Waals surface area contributed by atoms with Crippen molar-refractivity contribution in [3.8, 4) is 5.75 Å². The first-order valence-electron chi connectivity index (χ1n) is 7.62. The summed E-state index contributed by atoms with van der Waals surface area (Å²) in [5, 5.41) is 0. The van der Waals surface area contributed by atoms with Crippen molar-refractivity contribution in [3.05, 3.63) is 29.8 Å². The van der Waals surface area contributed by atoms with Gasteiger partial charge in [0.1, 0.15) is 5.75 Å². The van der Waals surface area contributed by atoms with Crippen LogP contribution >= 0.6 is 0 Å². The van der Waals surface area contributed by atoms with E-state index in [2.05, 4.69) is 24.0 Å². The largest absolute Gasteiger partial charge is 0.490 e. The Morgan fingerprint density at radius 3 is 2.75 bits per heavy atom. The molecule has 0 amide bonds. The van der Waals surface area contributed by atoms with E-state index in [1.807, 2.05) is 12.1 Å². The van der Waals surface area contributed by atoms with Crippen molar-refractivity contribution in [1.82, 2.24) is 4.90 Å². The number of ether oxygens (including phenoxy) is 2. The fraction of sp³-hybridized carbons (Fsp3) is 0.625. The lowest BCUT2D eigenvalue weighted by atomic mass is 10.0. The number of hydrogen-bond acceptors (Lipinski definition) is 4. The van der Waals surface area contributed by atoms with E-state index in [9.17, 15) is 0 Å². The zero-order valence-electron chi connectivity index (χ0n) is 12.1. The van der Waals surface area contributed by atoms with Gasteiger partial charge in [0.2, 0.25) is 0 Å². The van der Waals surface area contributed by atoms with E-state index >= 15 is 0 Å². The molecule has 2 unspecified atom stereocenters. The molecule has 1 aromatic rings. The number of rotatable bonds is 5. The summed E-state index contributed by atoms with van der Waals surface area (Å²) in [7, 11) is 0. The summed E-state index contributed by atoms with van der Waals surface area (Å²) >= 11 is 0. The van der Waals surface area contributed by atoms with Gasteiger partial charge < -0.3 is 15.2 Å². The number of nitrogens with zero attached hydrogens (tertiary/aromatic N) is 1. The lowest BCUT2D eigenvalue weighted by Gasteiger charge is -2.35. The van der Waals surface area contributed by atoms with Gasteiger partial charge in [0.15, 0.2) is 0 Å². The molecule has 1 aliphatic heterocycles. The average Bonchev–Trinajstić information content (AvgIpc) is 3.31. The van der Waals surface area contributed by atoms with Crippen molar-refractivity contribution >= 4 is 0 Å². The van der Waals surface area contributed by atoms with Gasteiger partial charge in [0.25, 0.3) is 0 Å². The molecule has 20 heavy (non-hydrogen) atoms. The van der Waals surface area contributed by atoms with Gasteiger partial charge in [-0.2, -0.15) is 0 Å². The predicted octanol–water partition coefficient (Wildman–Crippen LogP) is 1.95. The van der Waals surface area contributed by atoms with Crippen LogP contribution in [0.5, 0.6) is 5.75 Å². The molecule has 0 bridgehead atoms. The normalized spacial score (nSPS) is 25.4.